The van der Waals surface area contributed by atoms with Crippen LogP contribution in [-0.4, -0.2) is 12.2 Å². The van der Waals surface area contributed by atoms with Gasteiger partial charge in [0.25, 0.3) is 0 Å². The molecule has 1 unspecified atom stereocenters. The third-order valence-corrected chi connectivity index (χ3v) is 2.60. The molecule has 2 N–H and O–H groups in total. The van der Waals surface area contributed by atoms with Crippen LogP contribution in [0.5, 0.6) is 0 Å². The molecule has 0 spiro atoms. The minimum absolute atomic E-state index is 0.0947. The predicted molar refractivity (Wildman–Crippen MR) is 58.1 cm³/mol. The molecule has 0 fully saturated rings. The highest BCUT2D eigenvalue weighted by Gasteiger charge is 2.25. The number of rotatable bonds is 4. The summed E-state index contributed by atoms with van der Waals surface area (Å²) in [6.07, 6.45) is 0.888. The molecule has 1 rings (SSSR count). The number of hydrogen-bond donors (Lipinski definition) is 1. The third kappa shape index (κ3) is 2.81. The highest BCUT2D eigenvalue weighted by atomic mass is 19.1. The molecule has 1 atom stereocenters. The average Bonchev–Trinajstić information content (AvgIpc) is 2.18. The number of hydrogen-bond acceptors (Lipinski definition) is 1. The molecule has 1 nitrogen and oxygen atoms in total. The number of nitrogens with two attached hydrogens (primary N) is 1. The highest BCUT2D eigenvalue weighted by molar-refractivity contribution is 5.23. The van der Waals surface area contributed by atoms with Crippen molar-refractivity contribution in [1.82, 2.24) is 0 Å². The molecule has 0 heterocycles. The van der Waals surface area contributed by atoms with Gasteiger partial charge in [-0.1, -0.05) is 36.8 Å². The van der Waals surface area contributed by atoms with Gasteiger partial charge in [-0.3, -0.25) is 0 Å². The van der Waals surface area contributed by atoms with E-state index in [1.54, 1.807) is 0 Å². The molecule has 14 heavy (non-hydrogen) atoms. The van der Waals surface area contributed by atoms with Crippen LogP contribution in [0.3, 0.4) is 0 Å². The maximum atomic E-state index is 13.9. The van der Waals surface area contributed by atoms with Crippen molar-refractivity contribution in [3.05, 3.63) is 35.4 Å². The SMILES string of the molecule is CCC(F)(CN)Cc1cccc(C)c1. The smallest absolute Gasteiger partial charge is 0.126 e. The lowest BCUT2D eigenvalue weighted by Gasteiger charge is -2.21. The molecule has 0 aromatic heterocycles. The molecule has 0 amide bonds. The summed E-state index contributed by atoms with van der Waals surface area (Å²) in [7, 11) is 0. The van der Waals surface area contributed by atoms with Crippen LogP contribution in [0.25, 0.3) is 0 Å². The summed E-state index contributed by atoms with van der Waals surface area (Å²) < 4.78 is 13.9. The van der Waals surface area contributed by atoms with Crippen molar-refractivity contribution in [2.45, 2.75) is 32.4 Å². The first-order valence-corrected chi connectivity index (χ1v) is 5.04. The van der Waals surface area contributed by atoms with E-state index in [1.165, 1.54) is 0 Å². The standard InChI is InChI=1S/C12H18FN/c1-3-12(13,9-14)8-11-6-4-5-10(2)7-11/h4-7H,3,8-9,14H2,1-2H3. The lowest BCUT2D eigenvalue weighted by atomic mass is 9.93. The van der Waals surface area contributed by atoms with E-state index >= 15 is 0 Å². The van der Waals surface area contributed by atoms with E-state index in [2.05, 4.69) is 0 Å². The summed E-state index contributed by atoms with van der Waals surface area (Å²) in [5.74, 6) is 0. The molecular weight excluding hydrogens is 177 g/mol. The van der Waals surface area contributed by atoms with Gasteiger partial charge >= 0.3 is 0 Å². The highest BCUT2D eigenvalue weighted by Crippen LogP contribution is 2.21. The fourth-order valence-electron chi connectivity index (χ4n) is 1.53. The van der Waals surface area contributed by atoms with Crippen molar-refractivity contribution < 1.29 is 4.39 Å². The Morgan fingerprint density at radius 2 is 2.14 bits per heavy atom. The first-order valence-electron chi connectivity index (χ1n) is 5.04. The summed E-state index contributed by atoms with van der Waals surface area (Å²) in [5.41, 5.74) is 6.38. The fraction of sp³-hybridized carbons (Fsp3) is 0.500. The van der Waals surface area contributed by atoms with Crippen molar-refractivity contribution in [3.63, 3.8) is 0 Å². The van der Waals surface area contributed by atoms with Crippen molar-refractivity contribution in [3.8, 4) is 0 Å². The average molecular weight is 195 g/mol. The van der Waals surface area contributed by atoms with Crippen LogP contribution in [0.1, 0.15) is 24.5 Å². The first-order chi connectivity index (χ1) is 6.59. The molecule has 0 aliphatic heterocycles. The maximum Gasteiger partial charge on any atom is 0.126 e. The zero-order valence-electron chi connectivity index (χ0n) is 8.89. The molecule has 0 aliphatic rings. The largest absolute Gasteiger partial charge is 0.328 e. The summed E-state index contributed by atoms with van der Waals surface area (Å²) in [5, 5.41) is 0. The Labute approximate surface area is 85.1 Å². The first kappa shape index (κ1) is 11.2. The third-order valence-electron chi connectivity index (χ3n) is 2.60. The second kappa shape index (κ2) is 4.56. The molecule has 78 valence electrons. The topological polar surface area (TPSA) is 26.0 Å². The fourth-order valence-corrected chi connectivity index (χ4v) is 1.53. The monoisotopic (exact) mass is 195 g/mol. The van der Waals surface area contributed by atoms with E-state index in [1.807, 2.05) is 38.1 Å². The van der Waals surface area contributed by atoms with Gasteiger partial charge in [-0.25, -0.2) is 4.39 Å². The van der Waals surface area contributed by atoms with E-state index in [0.29, 0.717) is 12.8 Å². The quantitative estimate of drug-likeness (QED) is 0.785. The number of aryl methyl sites for hydroxylation is 1. The second-order valence-electron chi connectivity index (χ2n) is 3.87. The van der Waals surface area contributed by atoms with Gasteiger partial charge in [-0.05, 0) is 18.9 Å². The molecule has 1 aromatic rings. The van der Waals surface area contributed by atoms with E-state index in [9.17, 15) is 4.39 Å². The van der Waals surface area contributed by atoms with Crippen molar-refractivity contribution >= 4 is 0 Å². The van der Waals surface area contributed by atoms with Gasteiger partial charge in [0, 0.05) is 13.0 Å². The van der Waals surface area contributed by atoms with Gasteiger partial charge in [-0.15, -0.1) is 0 Å². The van der Waals surface area contributed by atoms with E-state index < -0.39 is 5.67 Å². The minimum Gasteiger partial charge on any atom is -0.328 e. The molecule has 0 saturated heterocycles. The van der Waals surface area contributed by atoms with Crippen LogP contribution < -0.4 is 5.73 Å². The summed E-state index contributed by atoms with van der Waals surface area (Å²) in [4.78, 5) is 0. The van der Waals surface area contributed by atoms with Gasteiger partial charge in [0.15, 0.2) is 0 Å². The van der Waals surface area contributed by atoms with Gasteiger partial charge < -0.3 is 5.73 Å². The van der Waals surface area contributed by atoms with Gasteiger partial charge in [0.05, 0.1) is 0 Å². The Hall–Kier alpha value is -0.890. The van der Waals surface area contributed by atoms with Crippen molar-refractivity contribution in [2.24, 2.45) is 5.73 Å². The lowest BCUT2D eigenvalue weighted by Crippen LogP contribution is -2.34. The van der Waals surface area contributed by atoms with Crippen LogP contribution >= 0.6 is 0 Å². The van der Waals surface area contributed by atoms with Gasteiger partial charge in [0.1, 0.15) is 5.67 Å². The second-order valence-corrected chi connectivity index (χ2v) is 3.87. The number of halogens is 1. The van der Waals surface area contributed by atoms with Gasteiger partial charge in [-0.2, -0.15) is 0 Å². The summed E-state index contributed by atoms with van der Waals surface area (Å²) in [6, 6.07) is 7.93. The summed E-state index contributed by atoms with van der Waals surface area (Å²) in [6.45, 7) is 3.94. The summed E-state index contributed by atoms with van der Waals surface area (Å²) >= 11 is 0. The van der Waals surface area contributed by atoms with Gasteiger partial charge in [0.2, 0.25) is 0 Å². The van der Waals surface area contributed by atoms with Crippen molar-refractivity contribution in [2.75, 3.05) is 6.54 Å². The zero-order valence-corrected chi connectivity index (χ0v) is 8.89. The van der Waals surface area contributed by atoms with Crippen LogP contribution in [0, 0.1) is 6.92 Å². The Balaban J connectivity index is 2.77. The van der Waals surface area contributed by atoms with Crippen LogP contribution in [-0.2, 0) is 6.42 Å². The molecule has 0 saturated carbocycles. The minimum atomic E-state index is -1.24. The number of benzene rings is 1. The molecule has 1 aromatic carbocycles. The predicted octanol–water partition coefficient (Wildman–Crippen LogP) is 2.61. The van der Waals surface area contributed by atoms with E-state index in [-0.39, 0.29) is 6.54 Å². The van der Waals surface area contributed by atoms with Crippen LogP contribution in [0.4, 0.5) is 4.39 Å². The van der Waals surface area contributed by atoms with E-state index in [0.717, 1.165) is 11.1 Å². The lowest BCUT2D eigenvalue weighted by molar-refractivity contribution is 0.167. The maximum absolute atomic E-state index is 13.9. The van der Waals surface area contributed by atoms with Crippen LogP contribution in [0.2, 0.25) is 0 Å². The number of alkyl halides is 1. The molecule has 0 bridgehead atoms. The molecule has 2 heteroatoms. The zero-order chi connectivity index (χ0) is 10.6. The Morgan fingerprint density at radius 1 is 1.43 bits per heavy atom. The Kier molecular flexibility index (Phi) is 3.64. The Morgan fingerprint density at radius 3 is 2.64 bits per heavy atom. The molecular formula is C12H18FN. The molecule has 0 radical (unpaired) electrons. The van der Waals surface area contributed by atoms with E-state index in [4.69, 9.17) is 5.73 Å². The molecule has 0 aliphatic carbocycles. The van der Waals surface area contributed by atoms with Crippen LogP contribution in [0.15, 0.2) is 24.3 Å². The normalized spacial score (nSPS) is 15.1. The Bertz CT molecular complexity index is 292. The van der Waals surface area contributed by atoms with Crippen molar-refractivity contribution in [1.29, 1.82) is 0 Å².